The van der Waals surface area contributed by atoms with Crippen LogP contribution >= 0.6 is 23.2 Å². The number of hydrogen-bond donors (Lipinski definition) is 2. The molecule has 0 amide bonds. The van der Waals surface area contributed by atoms with Crippen LogP contribution in [0.4, 0.5) is 0 Å². The van der Waals surface area contributed by atoms with Gasteiger partial charge in [0.2, 0.25) is 0 Å². The second kappa shape index (κ2) is 8.82. The first kappa shape index (κ1) is 20.5. The van der Waals surface area contributed by atoms with Crippen molar-refractivity contribution in [3.8, 4) is 0 Å². The molecule has 2 N–H and O–H groups in total. The second-order valence-electron chi connectivity index (χ2n) is 6.77. The molecule has 0 aliphatic carbocycles. The molecule has 1 aromatic heterocycles. The van der Waals surface area contributed by atoms with E-state index in [1.165, 1.54) is 0 Å². The van der Waals surface area contributed by atoms with Crippen LogP contribution in [0.25, 0.3) is 0 Å². The summed E-state index contributed by atoms with van der Waals surface area (Å²) in [5, 5.41) is 14.5. The van der Waals surface area contributed by atoms with Gasteiger partial charge >= 0.3 is 5.97 Å². The summed E-state index contributed by atoms with van der Waals surface area (Å²) >= 11 is 11.9. The van der Waals surface area contributed by atoms with Gasteiger partial charge in [-0.15, -0.1) is 0 Å². The zero-order valence-electron chi connectivity index (χ0n) is 15.8. The maximum absolute atomic E-state index is 11.9. The highest BCUT2D eigenvalue weighted by atomic mass is 35.5. The zero-order chi connectivity index (χ0) is 20.3. The summed E-state index contributed by atoms with van der Waals surface area (Å²) in [6, 6.07) is 15.2. The second-order valence-corrected chi connectivity index (χ2v) is 7.65. The van der Waals surface area contributed by atoms with Crippen LogP contribution in [0, 0.1) is 13.8 Å². The summed E-state index contributed by atoms with van der Waals surface area (Å²) < 4.78 is 2.05. The smallest absolute Gasteiger partial charge is 0.337 e. The van der Waals surface area contributed by atoms with E-state index in [1.54, 1.807) is 0 Å². The highest BCUT2D eigenvalue weighted by Crippen LogP contribution is 2.24. The fraction of sp³-hybridized carbons (Fsp3) is 0.227. The highest BCUT2D eigenvalue weighted by molar-refractivity contribution is 6.30. The first-order valence-electron chi connectivity index (χ1n) is 8.98. The molecule has 0 aliphatic rings. The predicted octanol–water partition coefficient (Wildman–Crippen LogP) is 5.45. The number of benzene rings is 2. The number of nitrogens with one attached hydrogen (secondary N) is 1. The van der Waals surface area contributed by atoms with Crippen molar-refractivity contribution in [3.05, 3.63) is 92.2 Å². The molecule has 0 aliphatic heterocycles. The third-order valence-corrected chi connectivity index (χ3v) is 5.43. The van der Waals surface area contributed by atoms with Gasteiger partial charge in [-0.3, -0.25) is 0 Å². The van der Waals surface area contributed by atoms with Crippen molar-refractivity contribution in [2.24, 2.45) is 0 Å². The Kier molecular flexibility index (Phi) is 6.45. The fourth-order valence-corrected chi connectivity index (χ4v) is 3.64. The minimum atomic E-state index is -0.904. The Labute approximate surface area is 174 Å². The molecule has 0 spiro atoms. The summed E-state index contributed by atoms with van der Waals surface area (Å²) in [6.45, 7) is 5.54. The third kappa shape index (κ3) is 4.58. The Morgan fingerprint density at radius 2 is 1.43 bits per heavy atom. The number of carbonyl (C=O) groups is 1. The molecule has 3 rings (SSSR count). The number of carboxylic acid groups (broad SMARTS) is 1. The van der Waals surface area contributed by atoms with Gasteiger partial charge < -0.3 is 15.0 Å². The lowest BCUT2D eigenvalue weighted by molar-refractivity contribution is 0.0694. The molecule has 146 valence electrons. The van der Waals surface area contributed by atoms with E-state index < -0.39 is 5.97 Å². The lowest BCUT2D eigenvalue weighted by Crippen LogP contribution is -2.15. The van der Waals surface area contributed by atoms with Crippen LogP contribution in [0.15, 0.2) is 48.5 Å². The molecule has 3 aromatic rings. The molecule has 0 atom stereocenters. The predicted molar refractivity (Wildman–Crippen MR) is 113 cm³/mol. The normalized spacial score (nSPS) is 11.0. The average molecular weight is 417 g/mol. The standard InChI is InChI=1S/C22H22Cl2N2O2/c1-14-20(12-25-11-16-3-7-18(23)8-4-16)21(22(27)28)15(2)26(14)13-17-5-9-19(24)10-6-17/h3-10,25H,11-13H2,1-2H3,(H,27,28). The van der Waals surface area contributed by atoms with Gasteiger partial charge in [0, 0.05) is 46.6 Å². The Balaban J connectivity index is 1.82. The number of aromatic carboxylic acids is 1. The molecule has 0 unspecified atom stereocenters. The molecule has 2 aromatic carbocycles. The maximum atomic E-state index is 11.9. The molecule has 0 bridgehead atoms. The number of halogens is 2. The molecule has 0 fully saturated rings. The van der Waals surface area contributed by atoms with Crippen molar-refractivity contribution >= 4 is 29.2 Å². The quantitative estimate of drug-likeness (QED) is 0.538. The largest absolute Gasteiger partial charge is 0.478 e. The number of nitrogens with zero attached hydrogens (tertiary/aromatic N) is 1. The van der Waals surface area contributed by atoms with Gasteiger partial charge in [-0.2, -0.15) is 0 Å². The number of aromatic nitrogens is 1. The van der Waals surface area contributed by atoms with Crippen molar-refractivity contribution < 1.29 is 9.90 Å². The molecule has 28 heavy (non-hydrogen) atoms. The Bertz CT molecular complexity index is 977. The van der Waals surface area contributed by atoms with E-state index in [2.05, 4.69) is 5.32 Å². The first-order valence-corrected chi connectivity index (χ1v) is 9.74. The average Bonchev–Trinajstić information content (AvgIpc) is 2.89. The lowest BCUT2D eigenvalue weighted by Gasteiger charge is -2.10. The monoisotopic (exact) mass is 416 g/mol. The van der Waals surface area contributed by atoms with E-state index in [0.717, 1.165) is 28.1 Å². The summed E-state index contributed by atoms with van der Waals surface area (Å²) in [7, 11) is 0. The summed E-state index contributed by atoms with van der Waals surface area (Å²) in [5.74, 6) is -0.904. The first-order chi connectivity index (χ1) is 13.4. The maximum Gasteiger partial charge on any atom is 0.337 e. The van der Waals surface area contributed by atoms with Gasteiger partial charge in [0.05, 0.1) is 5.56 Å². The van der Waals surface area contributed by atoms with Crippen molar-refractivity contribution in [1.29, 1.82) is 0 Å². The Morgan fingerprint density at radius 3 is 1.96 bits per heavy atom. The van der Waals surface area contributed by atoms with Gasteiger partial charge in [0.15, 0.2) is 0 Å². The van der Waals surface area contributed by atoms with Crippen molar-refractivity contribution in [2.75, 3.05) is 0 Å². The molecule has 0 saturated carbocycles. The minimum Gasteiger partial charge on any atom is -0.478 e. The third-order valence-electron chi connectivity index (χ3n) is 4.92. The summed E-state index contributed by atoms with van der Waals surface area (Å²) in [4.78, 5) is 11.9. The van der Waals surface area contributed by atoms with Crippen LogP contribution in [-0.4, -0.2) is 15.6 Å². The van der Waals surface area contributed by atoms with Gasteiger partial charge in [0.1, 0.15) is 0 Å². The van der Waals surface area contributed by atoms with Crippen LogP contribution in [-0.2, 0) is 19.6 Å². The molecule has 1 heterocycles. The highest BCUT2D eigenvalue weighted by Gasteiger charge is 2.22. The van der Waals surface area contributed by atoms with Crippen LogP contribution < -0.4 is 5.32 Å². The SMILES string of the molecule is Cc1c(CNCc2ccc(Cl)cc2)c(C(=O)O)c(C)n1Cc1ccc(Cl)cc1. The number of rotatable bonds is 7. The van der Waals surface area contributed by atoms with Gasteiger partial charge in [0.25, 0.3) is 0 Å². The molecule has 0 saturated heterocycles. The lowest BCUT2D eigenvalue weighted by atomic mass is 10.1. The van der Waals surface area contributed by atoms with E-state index in [9.17, 15) is 9.90 Å². The van der Waals surface area contributed by atoms with Crippen molar-refractivity contribution in [2.45, 2.75) is 33.5 Å². The van der Waals surface area contributed by atoms with Crippen LogP contribution in [0.1, 0.15) is 38.4 Å². The Morgan fingerprint density at radius 1 is 0.893 bits per heavy atom. The van der Waals surface area contributed by atoms with Crippen LogP contribution in [0.2, 0.25) is 10.0 Å². The molecular weight excluding hydrogens is 395 g/mol. The molecule has 4 nitrogen and oxygen atoms in total. The fourth-order valence-electron chi connectivity index (χ4n) is 3.39. The summed E-state index contributed by atoms with van der Waals surface area (Å²) in [6.07, 6.45) is 0. The van der Waals surface area contributed by atoms with Gasteiger partial charge in [-0.1, -0.05) is 47.5 Å². The molecule has 0 radical (unpaired) electrons. The minimum absolute atomic E-state index is 0.370. The van der Waals surface area contributed by atoms with Gasteiger partial charge in [-0.05, 0) is 49.2 Å². The van der Waals surface area contributed by atoms with E-state index in [0.29, 0.717) is 35.2 Å². The topological polar surface area (TPSA) is 54.3 Å². The van der Waals surface area contributed by atoms with Crippen LogP contribution in [0.3, 0.4) is 0 Å². The zero-order valence-corrected chi connectivity index (χ0v) is 17.3. The van der Waals surface area contributed by atoms with E-state index in [-0.39, 0.29) is 0 Å². The van der Waals surface area contributed by atoms with Crippen molar-refractivity contribution in [1.82, 2.24) is 9.88 Å². The summed E-state index contributed by atoms with van der Waals surface area (Å²) in [5.41, 5.74) is 5.05. The van der Waals surface area contributed by atoms with Gasteiger partial charge in [-0.25, -0.2) is 4.79 Å². The van der Waals surface area contributed by atoms with Crippen molar-refractivity contribution in [3.63, 3.8) is 0 Å². The van der Waals surface area contributed by atoms with Crippen LogP contribution in [0.5, 0.6) is 0 Å². The number of hydrogen-bond acceptors (Lipinski definition) is 2. The van der Waals surface area contributed by atoms with E-state index >= 15 is 0 Å². The number of carboxylic acids is 1. The molecular formula is C22H22Cl2N2O2. The Hall–Kier alpha value is -2.27. The molecule has 6 heteroatoms. The van der Waals surface area contributed by atoms with E-state index in [4.69, 9.17) is 23.2 Å². The van der Waals surface area contributed by atoms with E-state index in [1.807, 2.05) is 66.9 Å².